The molecule has 0 aromatic carbocycles. The Balaban J connectivity index is 2.00. The van der Waals surface area contributed by atoms with Gasteiger partial charge in [-0.15, -0.1) is 0 Å². The summed E-state index contributed by atoms with van der Waals surface area (Å²) >= 11 is 0. The van der Waals surface area contributed by atoms with E-state index in [2.05, 4.69) is 20.3 Å². The highest BCUT2D eigenvalue weighted by atomic mass is 19.4. The second kappa shape index (κ2) is 5.40. The van der Waals surface area contributed by atoms with Gasteiger partial charge in [0, 0.05) is 18.8 Å². The largest absolute Gasteiger partial charge is 0.433 e. The van der Waals surface area contributed by atoms with Crippen LogP contribution in [0.15, 0.2) is 30.7 Å². The first-order valence-corrected chi connectivity index (χ1v) is 5.71. The van der Waals surface area contributed by atoms with E-state index in [9.17, 15) is 13.2 Å². The van der Waals surface area contributed by atoms with Crippen LogP contribution in [-0.4, -0.2) is 15.0 Å². The zero-order chi connectivity index (χ0) is 13.9. The van der Waals surface area contributed by atoms with E-state index in [1.54, 1.807) is 18.6 Å². The lowest BCUT2D eigenvalue weighted by atomic mass is 10.2. The summed E-state index contributed by atoms with van der Waals surface area (Å²) in [5.74, 6) is 0. The van der Waals surface area contributed by atoms with Gasteiger partial charge in [0.1, 0.15) is 5.69 Å². The Hall–Kier alpha value is -1.89. The van der Waals surface area contributed by atoms with Crippen molar-refractivity contribution in [3.63, 3.8) is 0 Å². The minimum absolute atomic E-state index is 0.0427. The van der Waals surface area contributed by atoms with Crippen LogP contribution in [0.3, 0.4) is 0 Å². The van der Waals surface area contributed by atoms with E-state index in [0.717, 1.165) is 11.8 Å². The topological polar surface area (TPSA) is 53.6 Å². The van der Waals surface area contributed by atoms with Crippen molar-refractivity contribution >= 4 is 0 Å². The summed E-state index contributed by atoms with van der Waals surface area (Å²) in [5.41, 5.74) is 0.342. The summed E-state index contributed by atoms with van der Waals surface area (Å²) in [7, 11) is 0. The van der Waals surface area contributed by atoms with Gasteiger partial charge in [0.15, 0.2) is 0 Å². The molecule has 7 heteroatoms. The summed E-state index contributed by atoms with van der Waals surface area (Å²) in [6.07, 6.45) is -1.20. The standard InChI is InChI=1S/C12H13F3N4/c1-8(10-6-16-7-18-10)17-5-9-3-2-4-11(19-9)12(13,14)15/h2-4,6-8,17H,5H2,1H3,(H,16,18). The monoisotopic (exact) mass is 270 g/mol. The van der Waals surface area contributed by atoms with Gasteiger partial charge in [-0.1, -0.05) is 6.07 Å². The van der Waals surface area contributed by atoms with E-state index in [-0.39, 0.29) is 12.6 Å². The summed E-state index contributed by atoms with van der Waals surface area (Å²) in [6.45, 7) is 2.14. The van der Waals surface area contributed by atoms with Gasteiger partial charge in [0.25, 0.3) is 0 Å². The van der Waals surface area contributed by atoms with Crippen LogP contribution in [0, 0.1) is 0 Å². The number of hydrogen-bond donors (Lipinski definition) is 2. The molecule has 2 aromatic heterocycles. The van der Waals surface area contributed by atoms with Crippen molar-refractivity contribution in [3.8, 4) is 0 Å². The van der Waals surface area contributed by atoms with Crippen LogP contribution in [0.1, 0.15) is 30.0 Å². The SMILES string of the molecule is CC(NCc1cccc(C(F)(F)F)n1)c1cnc[nH]1. The van der Waals surface area contributed by atoms with Gasteiger partial charge in [0.05, 0.1) is 17.7 Å². The molecule has 0 fully saturated rings. The van der Waals surface area contributed by atoms with Gasteiger partial charge in [-0.3, -0.25) is 0 Å². The van der Waals surface area contributed by atoms with Crippen LogP contribution in [0.2, 0.25) is 0 Å². The van der Waals surface area contributed by atoms with E-state index in [1.807, 2.05) is 6.92 Å². The number of halogens is 3. The molecule has 4 nitrogen and oxygen atoms in total. The predicted molar refractivity (Wildman–Crippen MR) is 63.1 cm³/mol. The lowest BCUT2D eigenvalue weighted by molar-refractivity contribution is -0.141. The molecule has 0 aliphatic carbocycles. The molecule has 2 N–H and O–H groups in total. The Labute approximate surface area is 108 Å². The molecule has 0 saturated carbocycles. The summed E-state index contributed by atoms with van der Waals surface area (Å²) in [4.78, 5) is 10.4. The van der Waals surface area contributed by atoms with Crippen LogP contribution < -0.4 is 5.32 Å². The second-order valence-electron chi connectivity index (χ2n) is 4.12. The molecule has 2 aromatic rings. The minimum Gasteiger partial charge on any atom is -0.347 e. The van der Waals surface area contributed by atoms with Gasteiger partial charge in [-0.2, -0.15) is 13.2 Å². The molecular formula is C12H13F3N4. The number of H-pyrrole nitrogens is 1. The molecule has 102 valence electrons. The summed E-state index contributed by atoms with van der Waals surface area (Å²) in [5, 5.41) is 3.08. The van der Waals surface area contributed by atoms with Crippen molar-refractivity contribution in [3.05, 3.63) is 47.8 Å². The number of aromatic amines is 1. The van der Waals surface area contributed by atoms with Gasteiger partial charge < -0.3 is 10.3 Å². The summed E-state index contributed by atoms with van der Waals surface area (Å²) < 4.78 is 37.5. The fourth-order valence-corrected chi connectivity index (χ4v) is 1.61. The van der Waals surface area contributed by atoms with E-state index < -0.39 is 11.9 Å². The molecule has 2 rings (SSSR count). The molecule has 0 aliphatic rings. The zero-order valence-electron chi connectivity index (χ0n) is 10.2. The van der Waals surface area contributed by atoms with Crippen molar-refractivity contribution in [2.24, 2.45) is 0 Å². The number of imidazole rings is 1. The van der Waals surface area contributed by atoms with Crippen LogP contribution in [0.4, 0.5) is 13.2 Å². The molecule has 1 atom stereocenters. The first-order valence-electron chi connectivity index (χ1n) is 5.71. The van der Waals surface area contributed by atoms with Gasteiger partial charge in [0.2, 0.25) is 0 Å². The average molecular weight is 270 g/mol. The van der Waals surface area contributed by atoms with Crippen LogP contribution in [0.25, 0.3) is 0 Å². The lowest BCUT2D eigenvalue weighted by Crippen LogP contribution is -2.20. The highest BCUT2D eigenvalue weighted by Crippen LogP contribution is 2.27. The fourth-order valence-electron chi connectivity index (χ4n) is 1.61. The molecule has 0 radical (unpaired) electrons. The third-order valence-electron chi connectivity index (χ3n) is 2.67. The van der Waals surface area contributed by atoms with Gasteiger partial charge in [-0.05, 0) is 19.1 Å². The highest BCUT2D eigenvalue weighted by molar-refractivity contribution is 5.14. The predicted octanol–water partition coefficient (Wildman–Crippen LogP) is 2.67. The number of pyridine rings is 1. The maximum Gasteiger partial charge on any atom is 0.433 e. The summed E-state index contributed by atoms with van der Waals surface area (Å²) in [6, 6.07) is 3.83. The number of rotatable bonds is 4. The molecule has 2 heterocycles. The van der Waals surface area contributed by atoms with Crippen molar-refractivity contribution in [2.75, 3.05) is 0 Å². The second-order valence-corrected chi connectivity index (χ2v) is 4.12. The Morgan fingerprint density at radius 1 is 1.37 bits per heavy atom. The quantitative estimate of drug-likeness (QED) is 0.898. The lowest BCUT2D eigenvalue weighted by Gasteiger charge is -2.12. The first-order chi connectivity index (χ1) is 8.97. The molecule has 0 spiro atoms. The Morgan fingerprint density at radius 2 is 2.16 bits per heavy atom. The van der Waals surface area contributed by atoms with Gasteiger partial charge >= 0.3 is 6.18 Å². The Morgan fingerprint density at radius 3 is 2.79 bits per heavy atom. The third kappa shape index (κ3) is 3.54. The number of hydrogen-bond acceptors (Lipinski definition) is 3. The fraction of sp³-hybridized carbons (Fsp3) is 0.333. The maximum atomic E-state index is 12.5. The van der Waals surface area contributed by atoms with Crippen molar-refractivity contribution < 1.29 is 13.2 Å². The molecule has 0 aliphatic heterocycles. The average Bonchev–Trinajstić information content (AvgIpc) is 2.89. The van der Waals surface area contributed by atoms with E-state index >= 15 is 0 Å². The van der Waals surface area contributed by atoms with E-state index in [4.69, 9.17) is 0 Å². The molecule has 19 heavy (non-hydrogen) atoms. The molecule has 0 bridgehead atoms. The van der Waals surface area contributed by atoms with Crippen LogP contribution in [-0.2, 0) is 12.7 Å². The molecule has 1 unspecified atom stereocenters. The molecule has 0 amide bonds. The maximum absolute atomic E-state index is 12.5. The number of aromatic nitrogens is 3. The van der Waals surface area contributed by atoms with Crippen molar-refractivity contribution in [2.45, 2.75) is 25.7 Å². The van der Waals surface area contributed by atoms with Crippen molar-refractivity contribution in [1.29, 1.82) is 0 Å². The van der Waals surface area contributed by atoms with E-state index in [0.29, 0.717) is 5.69 Å². The van der Waals surface area contributed by atoms with Gasteiger partial charge in [-0.25, -0.2) is 9.97 Å². The highest BCUT2D eigenvalue weighted by Gasteiger charge is 2.32. The molecule has 0 saturated heterocycles. The number of alkyl halides is 3. The Kier molecular flexibility index (Phi) is 3.84. The minimum atomic E-state index is -4.41. The number of nitrogens with one attached hydrogen (secondary N) is 2. The van der Waals surface area contributed by atoms with Crippen molar-refractivity contribution in [1.82, 2.24) is 20.3 Å². The smallest absolute Gasteiger partial charge is 0.347 e. The van der Waals surface area contributed by atoms with E-state index in [1.165, 1.54) is 6.07 Å². The zero-order valence-corrected chi connectivity index (χ0v) is 10.2. The van der Waals surface area contributed by atoms with Crippen LogP contribution in [0.5, 0.6) is 0 Å². The van der Waals surface area contributed by atoms with Crippen LogP contribution >= 0.6 is 0 Å². The normalized spacial score (nSPS) is 13.5. The first kappa shape index (κ1) is 13.5. The number of nitrogens with zero attached hydrogens (tertiary/aromatic N) is 2. The molecular weight excluding hydrogens is 257 g/mol. The third-order valence-corrected chi connectivity index (χ3v) is 2.67. The Bertz CT molecular complexity index is 522.